The van der Waals surface area contributed by atoms with E-state index in [0.717, 1.165) is 24.0 Å². The first-order valence-electron chi connectivity index (χ1n) is 7.27. The van der Waals surface area contributed by atoms with Crippen LogP contribution in [0.25, 0.3) is 0 Å². The van der Waals surface area contributed by atoms with E-state index in [9.17, 15) is 18.3 Å². The molecule has 3 rings (SSSR count). The Labute approximate surface area is 134 Å². The topological polar surface area (TPSA) is 101 Å². The highest BCUT2D eigenvalue weighted by Crippen LogP contribution is 2.30. The normalized spacial score (nSPS) is 14.3. The molecular weight excluding hydrogens is 318 g/mol. The number of anilines is 1. The molecule has 0 aliphatic heterocycles. The van der Waals surface area contributed by atoms with Gasteiger partial charge < -0.3 is 5.11 Å². The van der Waals surface area contributed by atoms with E-state index >= 15 is 0 Å². The van der Waals surface area contributed by atoms with Crippen molar-refractivity contribution in [3.8, 4) is 0 Å². The maximum Gasteiger partial charge on any atom is 0.335 e. The van der Waals surface area contributed by atoms with E-state index in [1.165, 1.54) is 16.9 Å². The molecule has 0 unspecified atom stereocenters. The quantitative estimate of drug-likeness (QED) is 0.887. The number of aromatic carboxylic acids is 1. The Morgan fingerprint density at radius 1 is 1.30 bits per heavy atom. The number of carboxylic acid groups (broad SMARTS) is 1. The van der Waals surface area contributed by atoms with Crippen LogP contribution >= 0.6 is 0 Å². The summed E-state index contributed by atoms with van der Waals surface area (Å²) in [6.07, 6.45) is 6.13. The molecule has 1 aliphatic carbocycles. The standard InChI is InChI=1S/C15H17N3O4S/c1-18-9-12(8-16-18)17-23(21,22)14-7-11(15(19)20)6-10-4-2-3-5-13(10)14/h6-9,17H,2-5H2,1H3,(H,19,20). The number of hydrogen-bond donors (Lipinski definition) is 2. The number of carboxylic acids is 1. The average Bonchev–Trinajstić information content (AvgIpc) is 2.90. The van der Waals surface area contributed by atoms with Gasteiger partial charge in [0.2, 0.25) is 0 Å². The van der Waals surface area contributed by atoms with Gasteiger partial charge in [0.25, 0.3) is 10.0 Å². The van der Waals surface area contributed by atoms with Gasteiger partial charge >= 0.3 is 5.97 Å². The molecule has 1 aromatic carbocycles. The summed E-state index contributed by atoms with van der Waals surface area (Å²) in [5.41, 5.74) is 1.87. The van der Waals surface area contributed by atoms with Gasteiger partial charge in [-0.2, -0.15) is 5.10 Å². The number of fused-ring (bicyclic) bond motifs is 1. The summed E-state index contributed by atoms with van der Waals surface area (Å²) < 4.78 is 29.4. The van der Waals surface area contributed by atoms with E-state index in [2.05, 4.69) is 9.82 Å². The zero-order chi connectivity index (χ0) is 16.6. The first-order chi connectivity index (χ1) is 10.9. The summed E-state index contributed by atoms with van der Waals surface area (Å²) in [5.74, 6) is -1.13. The zero-order valence-corrected chi connectivity index (χ0v) is 13.4. The number of aromatic nitrogens is 2. The number of carbonyl (C=O) groups is 1. The predicted octanol–water partition coefficient (Wildman–Crippen LogP) is 1.80. The number of aryl methyl sites for hydroxylation is 2. The molecule has 0 saturated heterocycles. The Morgan fingerprint density at radius 3 is 2.70 bits per heavy atom. The third-order valence-electron chi connectivity index (χ3n) is 3.92. The van der Waals surface area contributed by atoms with Crippen molar-refractivity contribution in [3.05, 3.63) is 41.2 Å². The van der Waals surface area contributed by atoms with Crippen LogP contribution in [0.1, 0.15) is 34.3 Å². The van der Waals surface area contributed by atoms with Crippen LogP contribution in [-0.2, 0) is 29.9 Å². The van der Waals surface area contributed by atoms with E-state index in [0.29, 0.717) is 18.5 Å². The van der Waals surface area contributed by atoms with Crippen LogP contribution in [0.2, 0.25) is 0 Å². The van der Waals surface area contributed by atoms with Crippen LogP contribution in [-0.4, -0.2) is 29.3 Å². The summed E-state index contributed by atoms with van der Waals surface area (Å²) >= 11 is 0. The molecule has 1 aliphatic rings. The molecule has 8 heteroatoms. The number of sulfonamides is 1. The molecule has 0 radical (unpaired) electrons. The van der Waals surface area contributed by atoms with Gasteiger partial charge in [-0.1, -0.05) is 0 Å². The Bertz CT molecular complexity index is 871. The Morgan fingerprint density at radius 2 is 2.04 bits per heavy atom. The lowest BCUT2D eigenvalue weighted by Crippen LogP contribution is -2.18. The molecular formula is C15H17N3O4S. The highest BCUT2D eigenvalue weighted by molar-refractivity contribution is 7.92. The summed E-state index contributed by atoms with van der Waals surface area (Å²) in [7, 11) is -2.18. The monoisotopic (exact) mass is 335 g/mol. The van der Waals surface area contributed by atoms with Crippen LogP contribution in [0.3, 0.4) is 0 Å². The SMILES string of the molecule is Cn1cc(NS(=O)(=O)c2cc(C(=O)O)cc3c2CCCC3)cn1. The number of nitrogens with zero attached hydrogens (tertiary/aromatic N) is 2. The lowest BCUT2D eigenvalue weighted by molar-refractivity contribution is 0.0696. The van der Waals surface area contributed by atoms with Gasteiger partial charge in [-0.05, 0) is 48.9 Å². The lowest BCUT2D eigenvalue weighted by atomic mass is 9.90. The summed E-state index contributed by atoms with van der Waals surface area (Å²) in [6.45, 7) is 0. The van der Waals surface area contributed by atoms with Gasteiger partial charge in [0.15, 0.2) is 0 Å². The van der Waals surface area contributed by atoms with Gasteiger partial charge in [0.1, 0.15) is 0 Å². The number of hydrogen-bond acceptors (Lipinski definition) is 4. The highest BCUT2D eigenvalue weighted by atomic mass is 32.2. The van der Waals surface area contributed by atoms with E-state index in [-0.39, 0.29) is 10.5 Å². The highest BCUT2D eigenvalue weighted by Gasteiger charge is 2.25. The fourth-order valence-electron chi connectivity index (χ4n) is 2.87. The van der Waals surface area contributed by atoms with Crippen molar-refractivity contribution in [2.75, 3.05) is 4.72 Å². The molecule has 1 heterocycles. The van der Waals surface area contributed by atoms with Crippen LogP contribution in [0.5, 0.6) is 0 Å². The molecule has 0 saturated carbocycles. The summed E-state index contributed by atoms with van der Waals surface area (Å²) in [6, 6.07) is 2.82. The minimum Gasteiger partial charge on any atom is -0.478 e. The minimum atomic E-state index is -3.86. The Kier molecular flexibility index (Phi) is 3.85. The maximum absolute atomic E-state index is 12.7. The van der Waals surface area contributed by atoms with Crippen molar-refractivity contribution in [3.63, 3.8) is 0 Å². The number of rotatable bonds is 4. The van der Waals surface area contributed by atoms with Crippen molar-refractivity contribution < 1.29 is 18.3 Å². The third-order valence-corrected chi connectivity index (χ3v) is 5.37. The van der Waals surface area contributed by atoms with Gasteiger partial charge in [-0.25, -0.2) is 13.2 Å². The molecule has 0 bridgehead atoms. The molecule has 2 aromatic rings. The van der Waals surface area contributed by atoms with Gasteiger partial charge in [-0.3, -0.25) is 9.40 Å². The van der Waals surface area contributed by atoms with Crippen molar-refractivity contribution in [2.45, 2.75) is 30.6 Å². The average molecular weight is 335 g/mol. The van der Waals surface area contributed by atoms with Crippen LogP contribution in [0, 0.1) is 0 Å². The maximum atomic E-state index is 12.7. The van der Waals surface area contributed by atoms with Crippen molar-refractivity contribution in [2.24, 2.45) is 7.05 Å². The second-order valence-corrected chi connectivity index (χ2v) is 7.28. The van der Waals surface area contributed by atoms with Crippen LogP contribution < -0.4 is 4.72 Å². The van der Waals surface area contributed by atoms with Crippen LogP contribution in [0.15, 0.2) is 29.4 Å². The number of benzene rings is 1. The molecule has 0 amide bonds. The second kappa shape index (κ2) is 5.69. The molecule has 0 atom stereocenters. The van der Waals surface area contributed by atoms with Crippen molar-refractivity contribution in [1.82, 2.24) is 9.78 Å². The molecule has 0 spiro atoms. The van der Waals surface area contributed by atoms with E-state index in [4.69, 9.17) is 0 Å². The van der Waals surface area contributed by atoms with E-state index in [1.807, 2.05) is 0 Å². The molecule has 1 aromatic heterocycles. The number of nitrogens with one attached hydrogen (secondary N) is 1. The first-order valence-corrected chi connectivity index (χ1v) is 8.76. The fraction of sp³-hybridized carbons (Fsp3) is 0.333. The fourth-order valence-corrected chi connectivity index (χ4v) is 4.24. The van der Waals surface area contributed by atoms with Gasteiger partial charge in [-0.15, -0.1) is 0 Å². The largest absolute Gasteiger partial charge is 0.478 e. The smallest absolute Gasteiger partial charge is 0.335 e. The molecule has 2 N–H and O–H groups in total. The Hall–Kier alpha value is -2.35. The minimum absolute atomic E-state index is 0.00258. The third kappa shape index (κ3) is 3.07. The van der Waals surface area contributed by atoms with Crippen LogP contribution in [0.4, 0.5) is 5.69 Å². The Balaban J connectivity index is 2.09. The summed E-state index contributed by atoms with van der Waals surface area (Å²) in [5, 5.41) is 13.2. The lowest BCUT2D eigenvalue weighted by Gasteiger charge is -2.20. The van der Waals surface area contributed by atoms with Crippen molar-refractivity contribution >= 4 is 21.7 Å². The van der Waals surface area contributed by atoms with Gasteiger partial charge in [0.05, 0.1) is 22.3 Å². The molecule has 122 valence electrons. The molecule has 23 heavy (non-hydrogen) atoms. The van der Waals surface area contributed by atoms with E-state index in [1.54, 1.807) is 19.3 Å². The van der Waals surface area contributed by atoms with Crippen molar-refractivity contribution in [1.29, 1.82) is 0 Å². The molecule has 0 fully saturated rings. The predicted molar refractivity (Wildman–Crippen MR) is 84.1 cm³/mol. The van der Waals surface area contributed by atoms with Gasteiger partial charge in [0, 0.05) is 13.2 Å². The molecule has 7 nitrogen and oxygen atoms in total. The summed E-state index contributed by atoms with van der Waals surface area (Å²) in [4.78, 5) is 11.4. The first kappa shape index (κ1) is 15.5. The second-order valence-electron chi connectivity index (χ2n) is 5.63. The van der Waals surface area contributed by atoms with E-state index < -0.39 is 16.0 Å². The zero-order valence-electron chi connectivity index (χ0n) is 12.6.